The summed E-state index contributed by atoms with van der Waals surface area (Å²) in [5.41, 5.74) is 0.972. The topological polar surface area (TPSA) is 52.0 Å². The molecule has 6 fully saturated rings. The number of alkyl halides is 2. The van der Waals surface area contributed by atoms with Crippen LogP contribution in [0, 0.1) is 64.1 Å². The molecule has 0 radical (unpaired) electrons. The highest BCUT2D eigenvalue weighted by molar-refractivity contribution is 5.98. The van der Waals surface area contributed by atoms with Gasteiger partial charge in [-0.2, -0.15) is 5.10 Å². The molecule has 1 heterocycles. The van der Waals surface area contributed by atoms with E-state index in [1.165, 1.54) is 57.6 Å². The molecule has 1 aromatic heterocycles. The minimum Gasteiger partial charge on any atom is -0.297 e. The highest BCUT2D eigenvalue weighted by Crippen LogP contribution is 2.75. The Hall–Kier alpha value is -1.59. The summed E-state index contributed by atoms with van der Waals surface area (Å²) in [5.74, 6) is 2.04. The first-order valence-electron chi connectivity index (χ1n) is 15.0. The van der Waals surface area contributed by atoms with Crippen LogP contribution in [-0.4, -0.2) is 27.3 Å². The molecule has 0 aromatic carbocycles. The number of nitrogens with zero attached hydrogens (tertiary/aromatic N) is 2. The Kier molecular flexibility index (Phi) is 5.27. The summed E-state index contributed by atoms with van der Waals surface area (Å²) in [7, 11) is 0. The van der Waals surface area contributed by atoms with Gasteiger partial charge >= 0.3 is 0 Å². The Bertz CT molecular complexity index is 1120. The number of carbonyl (C=O) groups is 2. The van der Waals surface area contributed by atoms with E-state index in [4.69, 9.17) is 0 Å². The first-order chi connectivity index (χ1) is 17.5. The van der Waals surface area contributed by atoms with Crippen molar-refractivity contribution in [3.63, 3.8) is 0 Å². The van der Waals surface area contributed by atoms with Gasteiger partial charge in [0.15, 0.2) is 11.6 Å². The molecule has 202 valence electrons. The van der Waals surface area contributed by atoms with E-state index in [0.29, 0.717) is 28.7 Å². The summed E-state index contributed by atoms with van der Waals surface area (Å²) in [4.78, 5) is 26.4. The van der Waals surface area contributed by atoms with Crippen molar-refractivity contribution in [1.82, 2.24) is 9.78 Å². The summed E-state index contributed by atoms with van der Waals surface area (Å²) >= 11 is 0. The monoisotopic (exact) mass is 512 g/mol. The number of Topliss-reactive ketones (excluding diaryl/α,β-unsaturated/α-hetero) is 2. The third-order valence-corrected chi connectivity index (χ3v) is 12.6. The lowest BCUT2D eigenvalue weighted by molar-refractivity contribution is -0.138. The van der Waals surface area contributed by atoms with E-state index < -0.39 is 11.8 Å². The fourth-order valence-electron chi connectivity index (χ4n) is 11.1. The van der Waals surface area contributed by atoms with E-state index in [9.17, 15) is 18.4 Å². The van der Waals surface area contributed by atoms with Crippen LogP contribution < -0.4 is 0 Å². The van der Waals surface area contributed by atoms with Crippen molar-refractivity contribution in [2.24, 2.45) is 64.1 Å². The molecule has 0 saturated heterocycles. The molecule has 4 nitrogen and oxygen atoms in total. The van der Waals surface area contributed by atoms with Gasteiger partial charge in [0.25, 0.3) is 0 Å². The Morgan fingerprint density at radius 2 is 1.76 bits per heavy atom. The third kappa shape index (κ3) is 3.66. The van der Waals surface area contributed by atoms with E-state index in [2.05, 4.69) is 25.9 Å². The second-order valence-electron chi connectivity index (χ2n) is 14.8. The van der Waals surface area contributed by atoms with Gasteiger partial charge in [-0.05, 0) is 97.2 Å². The second-order valence-corrected chi connectivity index (χ2v) is 14.8. The fraction of sp³-hybridized carbons (Fsp3) is 0.839. The summed E-state index contributed by atoms with van der Waals surface area (Å²) in [6, 6.07) is 0. The van der Waals surface area contributed by atoms with Crippen LogP contribution in [0.15, 0.2) is 12.4 Å². The molecule has 1 aromatic rings. The predicted octanol–water partition coefficient (Wildman–Crippen LogP) is 6.83. The average molecular weight is 513 g/mol. The number of carbonyl (C=O) groups excluding carboxylic acids is 2. The van der Waals surface area contributed by atoms with E-state index in [-0.39, 0.29) is 42.3 Å². The average Bonchev–Trinajstić information content (AvgIpc) is 3.31. The molecule has 6 saturated carbocycles. The van der Waals surface area contributed by atoms with E-state index in [0.717, 1.165) is 23.7 Å². The van der Waals surface area contributed by atoms with Gasteiger partial charge in [0, 0.05) is 30.9 Å². The minimum absolute atomic E-state index is 0.0881. The van der Waals surface area contributed by atoms with Gasteiger partial charge in [-0.25, -0.2) is 8.78 Å². The van der Waals surface area contributed by atoms with Crippen LogP contribution >= 0.6 is 0 Å². The molecule has 0 spiro atoms. The van der Waals surface area contributed by atoms with Crippen LogP contribution in [0.25, 0.3) is 0 Å². The Balaban J connectivity index is 1.06. The van der Waals surface area contributed by atoms with E-state index in [1.54, 1.807) is 10.9 Å². The van der Waals surface area contributed by atoms with E-state index in [1.807, 2.05) is 0 Å². The summed E-state index contributed by atoms with van der Waals surface area (Å²) < 4.78 is 28.0. The SMILES string of the molecule is C[C@H]1CCC2[C@H]3CC[C@]4(C)C(C(=O)Cn5cc(C(=O)C6CC(F)(F)C6)cn5)C5C[C@H]5C4C3CCC2(C)C1. The van der Waals surface area contributed by atoms with E-state index >= 15 is 0 Å². The number of aromatic nitrogens is 2. The molecule has 10 atom stereocenters. The van der Waals surface area contributed by atoms with Crippen molar-refractivity contribution in [2.45, 2.75) is 97.4 Å². The van der Waals surface area contributed by atoms with Crippen LogP contribution in [0.4, 0.5) is 8.78 Å². The van der Waals surface area contributed by atoms with Gasteiger partial charge in [0.1, 0.15) is 0 Å². The number of rotatable bonds is 5. The van der Waals surface area contributed by atoms with Crippen molar-refractivity contribution < 1.29 is 18.4 Å². The second kappa shape index (κ2) is 7.97. The van der Waals surface area contributed by atoms with Crippen molar-refractivity contribution in [3.05, 3.63) is 18.0 Å². The summed E-state index contributed by atoms with van der Waals surface area (Å²) in [5, 5.41) is 4.30. The normalized spacial score (nSPS) is 47.7. The van der Waals surface area contributed by atoms with Crippen LogP contribution in [0.3, 0.4) is 0 Å². The van der Waals surface area contributed by atoms with Gasteiger partial charge in [0.05, 0.1) is 18.3 Å². The van der Waals surface area contributed by atoms with Crippen molar-refractivity contribution in [1.29, 1.82) is 0 Å². The molecule has 37 heavy (non-hydrogen) atoms. The lowest BCUT2D eigenvalue weighted by Crippen LogP contribution is -2.53. The first kappa shape index (κ1) is 24.5. The van der Waals surface area contributed by atoms with Crippen LogP contribution in [0.5, 0.6) is 0 Å². The summed E-state index contributed by atoms with van der Waals surface area (Å²) in [6.45, 7) is 7.64. The van der Waals surface area contributed by atoms with Crippen molar-refractivity contribution in [3.8, 4) is 0 Å². The standard InChI is InChI=1S/C31H42F2N2O2/c1-17-4-5-24-20-7-9-30(3)26(21(20)6-8-29(24,2)11-17)22-10-23(22)27(30)25(36)16-35-15-19(14-34-35)28(37)18-12-31(32,33)13-18/h14-15,17-18,20-24,26-27H,4-13,16H2,1-3H3/t17-,20-,21?,22+,23?,24?,26?,27?,29?,30-/m0/s1. The zero-order valence-corrected chi connectivity index (χ0v) is 22.6. The number of hydrogen-bond acceptors (Lipinski definition) is 3. The van der Waals surface area contributed by atoms with Gasteiger partial charge in [0.2, 0.25) is 5.92 Å². The molecule has 7 rings (SSSR count). The van der Waals surface area contributed by atoms with Crippen LogP contribution in [0.1, 0.15) is 95.3 Å². The number of hydrogen-bond donors (Lipinski definition) is 0. The lowest BCUT2D eigenvalue weighted by Gasteiger charge is -2.60. The first-order valence-corrected chi connectivity index (χ1v) is 15.0. The molecule has 6 aliphatic rings. The smallest absolute Gasteiger partial charge is 0.249 e. The Morgan fingerprint density at radius 1 is 1.00 bits per heavy atom. The molecule has 0 amide bonds. The molecule has 0 aliphatic heterocycles. The number of halogens is 2. The van der Waals surface area contributed by atoms with Crippen molar-refractivity contribution in [2.75, 3.05) is 0 Å². The molecular weight excluding hydrogens is 470 g/mol. The highest BCUT2D eigenvalue weighted by atomic mass is 19.3. The maximum atomic E-state index is 13.8. The fourth-order valence-corrected chi connectivity index (χ4v) is 11.1. The Morgan fingerprint density at radius 3 is 2.51 bits per heavy atom. The third-order valence-electron chi connectivity index (χ3n) is 12.6. The molecule has 6 heteroatoms. The largest absolute Gasteiger partial charge is 0.297 e. The van der Waals surface area contributed by atoms with Gasteiger partial charge in [-0.15, -0.1) is 0 Å². The van der Waals surface area contributed by atoms with Crippen molar-refractivity contribution >= 4 is 11.6 Å². The molecule has 0 bridgehead atoms. The predicted molar refractivity (Wildman–Crippen MR) is 136 cm³/mol. The summed E-state index contributed by atoms with van der Waals surface area (Å²) in [6.07, 6.45) is 12.9. The molecular formula is C31H42F2N2O2. The van der Waals surface area contributed by atoms with Crippen LogP contribution in [-0.2, 0) is 11.3 Å². The van der Waals surface area contributed by atoms with Gasteiger partial charge in [-0.1, -0.05) is 27.2 Å². The maximum absolute atomic E-state index is 13.8. The number of ketones is 2. The quantitative estimate of drug-likeness (QED) is 0.406. The Labute approximate surface area is 219 Å². The zero-order valence-electron chi connectivity index (χ0n) is 22.6. The van der Waals surface area contributed by atoms with Gasteiger partial charge < -0.3 is 0 Å². The minimum atomic E-state index is -2.72. The van der Waals surface area contributed by atoms with Gasteiger partial charge in [-0.3, -0.25) is 14.3 Å². The maximum Gasteiger partial charge on any atom is 0.249 e. The zero-order chi connectivity index (χ0) is 25.9. The molecule has 6 aliphatic carbocycles. The van der Waals surface area contributed by atoms with Crippen LogP contribution in [0.2, 0.25) is 0 Å². The molecule has 0 N–H and O–H groups in total. The molecule has 6 unspecified atom stereocenters. The number of fused-ring (bicyclic) bond motifs is 7. The highest BCUT2D eigenvalue weighted by Gasteiger charge is 2.71. The lowest BCUT2D eigenvalue weighted by atomic mass is 9.45.